The molecule has 0 saturated carbocycles. The van der Waals surface area contributed by atoms with E-state index in [0.29, 0.717) is 35.0 Å². The van der Waals surface area contributed by atoms with Crippen LogP contribution in [0.2, 0.25) is 10.0 Å². The number of nitrogens with one attached hydrogen (secondary N) is 1. The maximum Gasteiger partial charge on any atom is 0.416 e. The second-order valence-corrected chi connectivity index (χ2v) is 9.61. The highest BCUT2D eigenvalue weighted by Gasteiger charge is 2.32. The molecule has 0 bridgehead atoms. The molecule has 1 aliphatic rings. The highest BCUT2D eigenvalue weighted by atomic mass is 35.5. The second-order valence-electron chi connectivity index (χ2n) is 7.11. The first-order chi connectivity index (χ1) is 15.0. The normalized spacial score (nSPS) is 14.0. The average molecular weight is 499 g/mol. The molecule has 0 unspecified atom stereocenters. The number of alkyl halides is 3. The third-order valence-electron chi connectivity index (χ3n) is 4.91. The number of hydrogen-bond acceptors (Lipinski definition) is 3. The van der Waals surface area contributed by atoms with Crippen molar-refractivity contribution < 1.29 is 21.6 Å². The molecule has 0 saturated heterocycles. The maximum absolute atomic E-state index is 12.8. The Morgan fingerprint density at radius 3 is 2.47 bits per heavy atom. The Bertz CT molecular complexity index is 1340. The van der Waals surface area contributed by atoms with E-state index in [9.17, 15) is 21.6 Å². The van der Waals surface area contributed by atoms with Crippen LogP contribution in [0.1, 0.15) is 22.3 Å². The van der Waals surface area contributed by atoms with E-state index in [1.165, 1.54) is 6.07 Å². The Hall–Kier alpha value is -2.55. The Balaban J connectivity index is 1.65. The van der Waals surface area contributed by atoms with Gasteiger partial charge in [-0.2, -0.15) is 13.2 Å². The van der Waals surface area contributed by atoms with E-state index in [4.69, 9.17) is 23.2 Å². The van der Waals surface area contributed by atoms with E-state index in [2.05, 4.69) is 9.71 Å². The van der Waals surface area contributed by atoms with Crippen LogP contribution in [-0.2, 0) is 22.6 Å². The molecule has 1 heterocycles. The van der Waals surface area contributed by atoms with Crippen LogP contribution >= 0.6 is 23.2 Å². The highest BCUT2D eigenvalue weighted by Crippen LogP contribution is 2.34. The molecule has 3 aromatic rings. The summed E-state index contributed by atoms with van der Waals surface area (Å²) in [5, 5.41) is 0.103. The van der Waals surface area contributed by atoms with Gasteiger partial charge in [-0.1, -0.05) is 41.4 Å². The van der Waals surface area contributed by atoms with Crippen molar-refractivity contribution in [3.63, 3.8) is 0 Å². The number of fused-ring (bicyclic) bond motifs is 1. The molecular formula is C22H15Cl2F3N2O2S. The van der Waals surface area contributed by atoms with Crippen molar-refractivity contribution in [1.29, 1.82) is 0 Å². The lowest BCUT2D eigenvalue weighted by molar-refractivity contribution is -0.137. The number of benzene rings is 3. The smallest absolute Gasteiger partial charge is 0.284 e. The predicted octanol–water partition coefficient (Wildman–Crippen LogP) is 6.21. The molecule has 0 aromatic heterocycles. The highest BCUT2D eigenvalue weighted by molar-refractivity contribution is 7.92. The number of rotatable bonds is 4. The quantitative estimate of drug-likeness (QED) is 0.465. The molecule has 3 aromatic carbocycles. The monoisotopic (exact) mass is 498 g/mol. The molecular weight excluding hydrogens is 484 g/mol. The van der Waals surface area contributed by atoms with Crippen molar-refractivity contribution in [2.24, 2.45) is 4.99 Å². The van der Waals surface area contributed by atoms with Crippen LogP contribution < -0.4 is 4.72 Å². The Morgan fingerprint density at radius 2 is 1.75 bits per heavy atom. The van der Waals surface area contributed by atoms with Crippen LogP contribution in [0.5, 0.6) is 0 Å². The number of nitrogens with zero attached hydrogens (tertiary/aromatic N) is 1. The Labute approximate surface area is 192 Å². The van der Waals surface area contributed by atoms with E-state index in [-0.39, 0.29) is 5.69 Å². The summed E-state index contributed by atoms with van der Waals surface area (Å²) in [5.41, 5.74) is 2.54. The standard InChI is InChI=1S/C22H15Cl2F3N2O2S/c23-16-5-6-18-13(10-16)8-9-28-21(18)14-2-1-3-17(11-14)29-32(30,31)20-7-4-15(12-19(20)24)22(25,26)27/h1-7,10-12,29H,8-9H2. The molecule has 1 N–H and O–H groups in total. The molecule has 166 valence electrons. The van der Waals surface area contributed by atoms with Gasteiger partial charge in [0, 0.05) is 28.4 Å². The lowest BCUT2D eigenvalue weighted by Crippen LogP contribution is -2.16. The van der Waals surface area contributed by atoms with Crippen LogP contribution in [0.15, 0.2) is 70.6 Å². The fourth-order valence-electron chi connectivity index (χ4n) is 3.46. The van der Waals surface area contributed by atoms with Gasteiger partial charge in [-0.05, 0) is 54.4 Å². The number of sulfonamides is 1. The molecule has 4 rings (SSSR count). The number of hydrogen-bond donors (Lipinski definition) is 1. The van der Waals surface area contributed by atoms with Crippen molar-refractivity contribution in [3.8, 4) is 0 Å². The summed E-state index contributed by atoms with van der Waals surface area (Å²) < 4.78 is 66.5. The third-order valence-corrected chi connectivity index (χ3v) is 7.01. The van der Waals surface area contributed by atoms with Gasteiger partial charge in [-0.3, -0.25) is 9.71 Å². The van der Waals surface area contributed by atoms with Gasteiger partial charge in [0.05, 0.1) is 16.3 Å². The Morgan fingerprint density at radius 1 is 0.969 bits per heavy atom. The van der Waals surface area contributed by atoms with Crippen LogP contribution in [0.25, 0.3) is 0 Å². The van der Waals surface area contributed by atoms with Crippen molar-refractivity contribution in [3.05, 3.63) is 93.0 Å². The van der Waals surface area contributed by atoms with Crippen LogP contribution in [0.3, 0.4) is 0 Å². The van der Waals surface area contributed by atoms with Gasteiger partial charge in [0.25, 0.3) is 10.0 Å². The Kier molecular flexibility index (Phi) is 5.96. The molecule has 0 fully saturated rings. The first-order valence-corrected chi connectivity index (χ1v) is 11.6. The molecule has 0 amide bonds. The molecule has 0 atom stereocenters. The summed E-state index contributed by atoms with van der Waals surface area (Å²) >= 11 is 11.9. The molecule has 0 aliphatic carbocycles. The largest absolute Gasteiger partial charge is 0.416 e. The van der Waals surface area contributed by atoms with Gasteiger partial charge in [0.2, 0.25) is 0 Å². The predicted molar refractivity (Wildman–Crippen MR) is 119 cm³/mol. The lowest BCUT2D eigenvalue weighted by Gasteiger charge is -2.18. The molecule has 4 nitrogen and oxygen atoms in total. The fourth-order valence-corrected chi connectivity index (χ4v) is 5.25. The minimum absolute atomic E-state index is 0.224. The third kappa shape index (κ3) is 4.62. The van der Waals surface area contributed by atoms with Gasteiger partial charge in [0.1, 0.15) is 4.90 Å². The van der Waals surface area contributed by atoms with E-state index in [1.807, 2.05) is 12.1 Å². The summed E-state index contributed by atoms with van der Waals surface area (Å²) in [6.45, 7) is 0.569. The summed E-state index contributed by atoms with van der Waals surface area (Å²) in [4.78, 5) is 4.13. The SMILES string of the molecule is O=S(=O)(Nc1cccc(C2=NCCc3cc(Cl)ccc32)c1)c1ccc(C(F)(F)F)cc1Cl. The molecule has 0 radical (unpaired) electrons. The summed E-state index contributed by atoms with van der Waals surface area (Å²) in [6, 6.07) is 14.2. The van der Waals surface area contributed by atoms with E-state index in [1.54, 1.807) is 24.3 Å². The van der Waals surface area contributed by atoms with Gasteiger partial charge < -0.3 is 0 Å². The van der Waals surface area contributed by atoms with Crippen LogP contribution in [0.4, 0.5) is 18.9 Å². The lowest BCUT2D eigenvalue weighted by atomic mass is 9.93. The van der Waals surface area contributed by atoms with Crippen molar-refractivity contribution >= 4 is 44.6 Å². The van der Waals surface area contributed by atoms with Crippen molar-refractivity contribution in [2.75, 3.05) is 11.3 Å². The van der Waals surface area contributed by atoms with E-state index < -0.39 is 31.7 Å². The van der Waals surface area contributed by atoms with Gasteiger partial charge in [0.15, 0.2) is 0 Å². The second kappa shape index (κ2) is 8.42. The minimum atomic E-state index is -4.63. The first kappa shape index (κ1) is 22.6. The van der Waals surface area contributed by atoms with Crippen molar-refractivity contribution in [1.82, 2.24) is 0 Å². The zero-order valence-electron chi connectivity index (χ0n) is 16.2. The van der Waals surface area contributed by atoms with E-state index in [0.717, 1.165) is 23.6 Å². The van der Waals surface area contributed by atoms with Crippen LogP contribution in [-0.4, -0.2) is 20.7 Å². The summed E-state index contributed by atoms with van der Waals surface area (Å²) in [5.74, 6) is 0. The van der Waals surface area contributed by atoms with Gasteiger partial charge in [-0.25, -0.2) is 8.42 Å². The van der Waals surface area contributed by atoms with E-state index >= 15 is 0 Å². The molecule has 0 spiro atoms. The first-order valence-electron chi connectivity index (χ1n) is 9.38. The molecule has 32 heavy (non-hydrogen) atoms. The molecule has 10 heteroatoms. The fraction of sp³-hybridized carbons (Fsp3) is 0.136. The average Bonchev–Trinajstić information content (AvgIpc) is 2.72. The topological polar surface area (TPSA) is 58.5 Å². The van der Waals surface area contributed by atoms with Gasteiger partial charge >= 0.3 is 6.18 Å². The number of aliphatic imine (C=N–C) groups is 1. The summed E-state index contributed by atoms with van der Waals surface area (Å²) in [7, 11) is -4.23. The number of anilines is 1. The van der Waals surface area contributed by atoms with Crippen LogP contribution in [0, 0.1) is 0 Å². The number of halogens is 5. The minimum Gasteiger partial charge on any atom is -0.284 e. The molecule has 1 aliphatic heterocycles. The van der Waals surface area contributed by atoms with Gasteiger partial charge in [-0.15, -0.1) is 0 Å². The zero-order valence-corrected chi connectivity index (χ0v) is 18.6. The zero-order chi connectivity index (χ0) is 23.1. The maximum atomic E-state index is 12.8. The summed E-state index contributed by atoms with van der Waals surface area (Å²) in [6.07, 6.45) is -3.88. The van der Waals surface area contributed by atoms with Crippen molar-refractivity contribution in [2.45, 2.75) is 17.5 Å².